The lowest BCUT2D eigenvalue weighted by Gasteiger charge is -2.08. The number of rotatable bonds is 20. The predicted molar refractivity (Wildman–Crippen MR) is 92.6 cm³/mol. The van der Waals surface area contributed by atoms with Crippen molar-refractivity contribution in [1.82, 2.24) is 0 Å². The van der Waals surface area contributed by atoms with Crippen LogP contribution in [0.2, 0.25) is 0 Å². The molecule has 2 N–H and O–H groups in total. The first-order valence-corrected chi connectivity index (χ1v) is 8.92. The summed E-state index contributed by atoms with van der Waals surface area (Å²) in [6.07, 6.45) is 1.20. The fraction of sp³-hybridized carbons (Fsp3) is 0.824. The van der Waals surface area contributed by atoms with Gasteiger partial charge < -0.3 is 33.9 Å². The zero-order valence-electron chi connectivity index (χ0n) is 15.6. The van der Waals surface area contributed by atoms with Crippen molar-refractivity contribution in [3.05, 3.63) is 0 Å². The minimum absolute atomic E-state index is 0.0187. The average Bonchev–Trinajstić information content (AvgIpc) is 2.61. The summed E-state index contributed by atoms with van der Waals surface area (Å²) in [7, 11) is 0. The largest absolute Gasteiger partial charge is 0.481 e. The van der Waals surface area contributed by atoms with E-state index in [1.807, 2.05) is 0 Å². The van der Waals surface area contributed by atoms with E-state index in [2.05, 4.69) is 0 Å². The highest BCUT2D eigenvalue weighted by Gasteiger charge is 2.04. The van der Waals surface area contributed by atoms with Crippen molar-refractivity contribution in [2.75, 3.05) is 59.5 Å². The second-order valence-electron chi connectivity index (χ2n) is 5.41. The number of esters is 1. The van der Waals surface area contributed by atoms with Crippen molar-refractivity contribution in [2.45, 2.75) is 32.1 Å². The van der Waals surface area contributed by atoms with E-state index in [-0.39, 0.29) is 45.1 Å². The molecule has 0 bridgehead atoms. The van der Waals surface area contributed by atoms with Crippen LogP contribution in [0.4, 0.5) is 0 Å². The molecule has 0 radical (unpaired) electrons. The van der Waals surface area contributed by atoms with Crippen LogP contribution in [0, 0.1) is 0 Å². The molecule has 10 heteroatoms. The molecule has 0 aliphatic rings. The highest BCUT2D eigenvalue weighted by Crippen LogP contribution is 2.01. The summed E-state index contributed by atoms with van der Waals surface area (Å²) in [6.45, 7) is 2.89. The molecule has 0 aliphatic carbocycles. The Kier molecular flexibility index (Phi) is 17.8. The van der Waals surface area contributed by atoms with E-state index in [0.717, 1.165) is 0 Å². The Morgan fingerprint density at radius 2 is 0.926 bits per heavy atom. The molecule has 0 aliphatic heterocycles. The molecule has 0 rings (SSSR count). The summed E-state index contributed by atoms with van der Waals surface area (Å²) in [5.74, 6) is -2.12. The van der Waals surface area contributed by atoms with Crippen LogP contribution in [-0.2, 0) is 38.1 Å². The van der Waals surface area contributed by atoms with Gasteiger partial charge in [0.15, 0.2) is 0 Å². The number of carbonyl (C=O) groups is 3. The van der Waals surface area contributed by atoms with Crippen LogP contribution in [0.1, 0.15) is 32.1 Å². The number of carboxylic acids is 2. The molecule has 0 atom stereocenters. The zero-order valence-corrected chi connectivity index (χ0v) is 15.6. The maximum atomic E-state index is 11.3. The van der Waals surface area contributed by atoms with Crippen LogP contribution in [0.3, 0.4) is 0 Å². The van der Waals surface area contributed by atoms with Crippen LogP contribution in [0.15, 0.2) is 0 Å². The quantitative estimate of drug-likeness (QED) is 0.224. The van der Waals surface area contributed by atoms with Crippen LogP contribution < -0.4 is 0 Å². The minimum atomic E-state index is -0.891. The second kappa shape index (κ2) is 19.0. The molecule has 0 aromatic carbocycles. The smallest absolute Gasteiger partial charge is 0.305 e. The Balaban J connectivity index is 3.15. The van der Waals surface area contributed by atoms with Crippen LogP contribution in [-0.4, -0.2) is 87.6 Å². The number of ether oxygens (including phenoxy) is 5. The van der Waals surface area contributed by atoms with Crippen LogP contribution >= 0.6 is 0 Å². The van der Waals surface area contributed by atoms with Gasteiger partial charge in [0.25, 0.3) is 0 Å². The molecule has 0 saturated carbocycles. The van der Waals surface area contributed by atoms with Gasteiger partial charge in [-0.05, 0) is 12.8 Å². The van der Waals surface area contributed by atoms with Gasteiger partial charge >= 0.3 is 17.9 Å². The van der Waals surface area contributed by atoms with E-state index in [1.54, 1.807) is 0 Å². The summed E-state index contributed by atoms with van der Waals surface area (Å²) < 4.78 is 25.8. The maximum absolute atomic E-state index is 11.3. The number of unbranched alkanes of at least 4 members (excludes halogenated alkanes) is 1. The van der Waals surface area contributed by atoms with Gasteiger partial charge in [-0.2, -0.15) is 0 Å². The fourth-order valence-electron chi connectivity index (χ4n) is 1.75. The van der Waals surface area contributed by atoms with E-state index in [9.17, 15) is 14.4 Å². The molecule has 0 unspecified atom stereocenters. The lowest BCUT2D eigenvalue weighted by atomic mass is 10.2. The SMILES string of the molecule is O=C(O)CCCCC(=O)OCCOCCOCCOCCOCCC(=O)O. The Bertz CT molecular complexity index is 399. The molecule has 0 spiro atoms. The van der Waals surface area contributed by atoms with Crippen molar-refractivity contribution in [2.24, 2.45) is 0 Å². The highest BCUT2D eigenvalue weighted by molar-refractivity contribution is 5.69. The molecule has 27 heavy (non-hydrogen) atoms. The fourth-order valence-corrected chi connectivity index (χ4v) is 1.75. The lowest BCUT2D eigenvalue weighted by Crippen LogP contribution is -2.14. The molecule has 0 aromatic heterocycles. The van der Waals surface area contributed by atoms with Gasteiger partial charge in [0.2, 0.25) is 0 Å². The summed E-state index contributed by atoms with van der Waals surface area (Å²) in [6, 6.07) is 0. The lowest BCUT2D eigenvalue weighted by molar-refractivity contribution is -0.146. The van der Waals surface area contributed by atoms with Gasteiger partial charge in [0.05, 0.1) is 59.3 Å². The van der Waals surface area contributed by atoms with Crippen molar-refractivity contribution in [1.29, 1.82) is 0 Å². The molecule has 0 amide bonds. The van der Waals surface area contributed by atoms with Crippen molar-refractivity contribution < 1.29 is 48.3 Å². The molecular weight excluding hydrogens is 364 g/mol. The number of hydrogen-bond donors (Lipinski definition) is 2. The number of hydrogen-bond acceptors (Lipinski definition) is 8. The Labute approximate surface area is 158 Å². The summed E-state index contributed by atoms with van der Waals surface area (Å²) in [5.41, 5.74) is 0. The van der Waals surface area contributed by atoms with Crippen molar-refractivity contribution >= 4 is 17.9 Å². The van der Waals surface area contributed by atoms with Crippen LogP contribution in [0.25, 0.3) is 0 Å². The Morgan fingerprint density at radius 3 is 1.41 bits per heavy atom. The number of aliphatic carboxylic acids is 2. The standard InChI is InChI=1S/C17H30O10/c18-15(19)3-1-2-4-17(22)27-14-13-26-12-11-25-10-9-24-8-7-23-6-5-16(20)21/h1-14H2,(H,18,19)(H,20,21). The topological polar surface area (TPSA) is 138 Å². The van der Waals surface area contributed by atoms with Gasteiger partial charge in [-0.1, -0.05) is 0 Å². The molecular formula is C17H30O10. The highest BCUT2D eigenvalue weighted by atomic mass is 16.6. The normalized spacial score (nSPS) is 10.7. The van der Waals surface area contributed by atoms with Crippen molar-refractivity contribution in [3.63, 3.8) is 0 Å². The molecule has 158 valence electrons. The van der Waals surface area contributed by atoms with E-state index in [0.29, 0.717) is 52.5 Å². The van der Waals surface area contributed by atoms with Crippen LogP contribution in [0.5, 0.6) is 0 Å². The monoisotopic (exact) mass is 394 g/mol. The second-order valence-corrected chi connectivity index (χ2v) is 5.41. The predicted octanol–water partition coefficient (Wildman–Crippen LogP) is 0.716. The van der Waals surface area contributed by atoms with E-state index in [1.165, 1.54) is 0 Å². The van der Waals surface area contributed by atoms with Crippen molar-refractivity contribution in [3.8, 4) is 0 Å². The van der Waals surface area contributed by atoms with E-state index in [4.69, 9.17) is 33.9 Å². The maximum Gasteiger partial charge on any atom is 0.305 e. The molecule has 0 fully saturated rings. The summed E-state index contributed by atoms with van der Waals surface area (Å²) >= 11 is 0. The molecule has 10 nitrogen and oxygen atoms in total. The van der Waals surface area contributed by atoms with E-state index >= 15 is 0 Å². The minimum Gasteiger partial charge on any atom is -0.481 e. The first kappa shape index (κ1) is 25.2. The van der Waals surface area contributed by atoms with Gasteiger partial charge in [0, 0.05) is 12.8 Å². The third kappa shape index (κ3) is 22.2. The van der Waals surface area contributed by atoms with Gasteiger partial charge in [-0.25, -0.2) is 0 Å². The zero-order chi connectivity index (χ0) is 20.2. The van der Waals surface area contributed by atoms with Gasteiger partial charge in [-0.15, -0.1) is 0 Å². The third-order valence-corrected chi connectivity index (χ3v) is 3.09. The Hall–Kier alpha value is -1.75. The summed E-state index contributed by atoms with van der Waals surface area (Å²) in [5, 5.41) is 16.9. The third-order valence-electron chi connectivity index (χ3n) is 3.09. The number of carbonyl (C=O) groups excluding carboxylic acids is 1. The van der Waals surface area contributed by atoms with E-state index < -0.39 is 11.9 Å². The summed E-state index contributed by atoms with van der Waals surface area (Å²) in [4.78, 5) is 31.9. The molecule has 0 heterocycles. The molecule has 0 saturated heterocycles. The first-order chi connectivity index (χ1) is 13.0. The number of carboxylic acid groups (broad SMARTS) is 2. The Morgan fingerprint density at radius 1 is 0.519 bits per heavy atom. The molecule has 0 aromatic rings. The first-order valence-electron chi connectivity index (χ1n) is 8.92. The average molecular weight is 394 g/mol. The van der Waals surface area contributed by atoms with Gasteiger partial charge in [0.1, 0.15) is 6.61 Å². The van der Waals surface area contributed by atoms with Gasteiger partial charge in [-0.3, -0.25) is 14.4 Å².